The molecule has 0 bridgehead atoms. The molecule has 3 aromatic carbocycles. The summed E-state index contributed by atoms with van der Waals surface area (Å²) in [6.45, 7) is 8.99. The van der Waals surface area contributed by atoms with Crippen LogP contribution >= 0.6 is 23.1 Å². The first-order valence-corrected chi connectivity index (χ1v) is 20.9. The van der Waals surface area contributed by atoms with Crippen molar-refractivity contribution >= 4 is 34.1 Å². The molecule has 6 aromatic rings. The van der Waals surface area contributed by atoms with Crippen molar-refractivity contribution in [2.45, 2.75) is 105 Å². The van der Waals surface area contributed by atoms with Crippen molar-refractivity contribution in [1.29, 1.82) is 0 Å². The number of hydrogen-bond donors (Lipinski definition) is 0. The summed E-state index contributed by atoms with van der Waals surface area (Å²) in [5.41, 5.74) is 8.24. The van der Waals surface area contributed by atoms with Gasteiger partial charge in [0.15, 0.2) is 0 Å². The number of benzene rings is 3. The predicted molar refractivity (Wildman–Crippen MR) is 218 cm³/mol. The SMILES string of the molecule is CCCCC(CC)CCc1ccc(-c2ccc(-c3cnc(-c4ccc(-c5ccc(CCC(CC)CCCC)cc5F)s4)c4nsnc34)cc2)c(F)c1. The van der Waals surface area contributed by atoms with Crippen LogP contribution in [-0.4, -0.2) is 13.7 Å². The molecular formula is C45H51F2N3S2. The highest BCUT2D eigenvalue weighted by Gasteiger charge is 2.19. The van der Waals surface area contributed by atoms with E-state index in [2.05, 4.69) is 48.6 Å². The Labute approximate surface area is 316 Å². The normalized spacial score (nSPS) is 12.8. The van der Waals surface area contributed by atoms with E-state index in [-0.39, 0.29) is 11.6 Å². The van der Waals surface area contributed by atoms with Gasteiger partial charge in [0.2, 0.25) is 0 Å². The number of rotatable bonds is 18. The summed E-state index contributed by atoms with van der Waals surface area (Å²) >= 11 is 2.68. The van der Waals surface area contributed by atoms with Gasteiger partial charge in [-0.05, 0) is 84.0 Å². The molecule has 3 aromatic heterocycles. The van der Waals surface area contributed by atoms with E-state index in [1.807, 2.05) is 54.7 Å². The largest absolute Gasteiger partial charge is 0.252 e. The van der Waals surface area contributed by atoms with Gasteiger partial charge in [-0.1, -0.05) is 128 Å². The molecule has 3 nitrogen and oxygen atoms in total. The fraction of sp³-hybridized carbons (Fsp3) is 0.400. The standard InChI is InChI=1S/C45H51F2N3S2/c1-5-9-11-30(7-3)13-15-32-17-23-36(39(46)27-32)34-19-21-35(22-20-34)38-29-48-44(45-43(38)49-52-50-45)42-26-25-41(51-42)37-24-18-33(28-40(37)47)16-14-31(8-4)12-10-6-2/h17-31H,5-16H2,1-4H3. The van der Waals surface area contributed by atoms with Crippen LogP contribution in [0.3, 0.4) is 0 Å². The Morgan fingerprint density at radius 1 is 0.577 bits per heavy atom. The third kappa shape index (κ3) is 9.03. The molecule has 272 valence electrons. The molecule has 0 fully saturated rings. The monoisotopic (exact) mass is 735 g/mol. The van der Waals surface area contributed by atoms with Crippen LogP contribution in [0.25, 0.3) is 54.3 Å². The molecule has 0 spiro atoms. The molecule has 7 heteroatoms. The van der Waals surface area contributed by atoms with Gasteiger partial charge < -0.3 is 0 Å². The summed E-state index contributed by atoms with van der Waals surface area (Å²) in [5, 5.41) is 0. The van der Waals surface area contributed by atoms with Gasteiger partial charge in [0, 0.05) is 27.8 Å². The summed E-state index contributed by atoms with van der Waals surface area (Å²) < 4.78 is 40.1. The predicted octanol–water partition coefficient (Wildman–Crippen LogP) is 14.4. The van der Waals surface area contributed by atoms with Crippen molar-refractivity contribution in [3.8, 4) is 43.3 Å². The summed E-state index contributed by atoms with van der Waals surface area (Å²) in [4.78, 5) is 6.64. The van der Waals surface area contributed by atoms with Crippen LogP contribution in [0.15, 0.2) is 79.0 Å². The Balaban J connectivity index is 1.16. The molecule has 0 amide bonds. The fourth-order valence-corrected chi connectivity index (χ4v) is 8.89. The van der Waals surface area contributed by atoms with E-state index in [0.717, 1.165) is 91.7 Å². The summed E-state index contributed by atoms with van der Waals surface area (Å²) in [6, 6.07) is 23.3. The number of thiophene rings is 1. The van der Waals surface area contributed by atoms with Crippen molar-refractivity contribution in [1.82, 2.24) is 13.7 Å². The van der Waals surface area contributed by atoms with Crippen LogP contribution in [-0.2, 0) is 12.8 Å². The zero-order valence-electron chi connectivity index (χ0n) is 31.1. The molecule has 2 atom stereocenters. The Morgan fingerprint density at radius 2 is 1.12 bits per heavy atom. The molecule has 52 heavy (non-hydrogen) atoms. The van der Waals surface area contributed by atoms with Crippen molar-refractivity contribution < 1.29 is 8.78 Å². The minimum Gasteiger partial charge on any atom is -0.252 e. The van der Waals surface area contributed by atoms with Gasteiger partial charge in [0.05, 0.1) is 16.6 Å². The molecule has 6 rings (SSSR count). The van der Waals surface area contributed by atoms with Crippen molar-refractivity contribution in [3.05, 3.63) is 102 Å². The van der Waals surface area contributed by atoms with E-state index in [0.29, 0.717) is 23.0 Å². The molecule has 0 N–H and O–H groups in total. The Kier molecular flexibility index (Phi) is 13.3. The van der Waals surface area contributed by atoms with Gasteiger partial charge in [0.1, 0.15) is 28.4 Å². The third-order valence-corrected chi connectivity index (χ3v) is 12.4. The topological polar surface area (TPSA) is 38.7 Å². The van der Waals surface area contributed by atoms with Gasteiger partial charge in [-0.2, -0.15) is 8.75 Å². The first kappa shape index (κ1) is 37.9. The van der Waals surface area contributed by atoms with Gasteiger partial charge >= 0.3 is 0 Å². The zero-order chi connectivity index (χ0) is 36.5. The second-order valence-electron chi connectivity index (χ2n) is 14.3. The lowest BCUT2D eigenvalue weighted by molar-refractivity contribution is 0.421. The highest BCUT2D eigenvalue weighted by atomic mass is 32.1. The Bertz CT molecular complexity index is 2050. The van der Waals surface area contributed by atoms with Gasteiger partial charge in [-0.15, -0.1) is 11.3 Å². The summed E-state index contributed by atoms with van der Waals surface area (Å²) in [5.74, 6) is 1.04. The van der Waals surface area contributed by atoms with Gasteiger partial charge in [-0.25, -0.2) is 8.78 Å². The smallest absolute Gasteiger partial charge is 0.132 e. The molecule has 0 aliphatic heterocycles. The number of aryl methyl sites for hydroxylation is 2. The van der Waals surface area contributed by atoms with Crippen LogP contribution in [0.2, 0.25) is 0 Å². The number of fused-ring (bicyclic) bond motifs is 1. The van der Waals surface area contributed by atoms with E-state index >= 15 is 8.78 Å². The maximum absolute atomic E-state index is 15.4. The van der Waals surface area contributed by atoms with Crippen LogP contribution < -0.4 is 0 Å². The molecule has 0 saturated heterocycles. The Hall–Kier alpha value is -3.81. The first-order valence-electron chi connectivity index (χ1n) is 19.3. The average Bonchev–Trinajstić information content (AvgIpc) is 3.86. The van der Waals surface area contributed by atoms with Crippen LogP contribution in [0.1, 0.15) is 103 Å². The molecular weight excluding hydrogens is 685 g/mol. The molecule has 3 heterocycles. The van der Waals surface area contributed by atoms with Crippen LogP contribution in [0, 0.1) is 23.5 Å². The first-order chi connectivity index (χ1) is 25.4. The number of halogens is 2. The van der Waals surface area contributed by atoms with E-state index in [4.69, 9.17) is 4.98 Å². The molecule has 0 aliphatic carbocycles. The molecule has 0 saturated carbocycles. The van der Waals surface area contributed by atoms with E-state index in [1.165, 1.54) is 62.7 Å². The van der Waals surface area contributed by atoms with Crippen LogP contribution in [0.4, 0.5) is 8.78 Å². The minimum atomic E-state index is -0.182. The van der Waals surface area contributed by atoms with Crippen molar-refractivity contribution in [2.75, 3.05) is 0 Å². The van der Waals surface area contributed by atoms with Crippen molar-refractivity contribution in [2.24, 2.45) is 11.8 Å². The van der Waals surface area contributed by atoms with E-state index < -0.39 is 0 Å². The second kappa shape index (κ2) is 18.3. The second-order valence-corrected chi connectivity index (χ2v) is 15.9. The highest BCUT2D eigenvalue weighted by molar-refractivity contribution is 7.18. The molecule has 2 unspecified atom stereocenters. The lowest BCUT2D eigenvalue weighted by atomic mass is 9.91. The average molecular weight is 736 g/mol. The lowest BCUT2D eigenvalue weighted by Gasteiger charge is -2.14. The highest BCUT2D eigenvalue weighted by Crippen LogP contribution is 2.40. The number of nitrogens with zero attached hydrogens (tertiary/aromatic N) is 3. The lowest BCUT2D eigenvalue weighted by Crippen LogP contribution is -2.01. The molecule has 0 radical (unpaired) electrons. The molecule has 0 aliphatic rings. The summed E-state index contributed by atoms with van der Waals surface area (Å²) in [7, 11) is 0. The van der Waals surface area contributed by atoms with Crippen molar-refractivity contribution in [3.63, 3.8) is 0 Å². The minimum absolute atomic E-state index is 0.182. The Morgan fingerprint density at radius 3 is 1.67 bits per heavy atom. The fourth-order valence-electron chi connectivity index (χ4n) is 7.30. The number of aromatic nitrogens is 3. The zero-order valence-corrected chi connectivity index (χ0v) is 32.7. The number of hydrogen-bond acceptors (Lipinski definition) is 5. The number of unbranched alkanes of at least 4 members (excludes halogenated alkanes) is 2. The quantitative estimate of drug-likeness (QED) is 0.0882. The maximum Gasteiger partial charge on any atom is 0.132 e. The van der Waals surface area contributed by atoms with Gasteiger partial charge in [0.25, 0.3) is 0 Å². The third-order valence-electron chi connectivity index (χ3n) is 10.7. The van der Waals surface area contributed by atoms with Crippen LogP contribution in [0.5, 0.6) is 0 Å². The number of pyridine rings is 1. The maximum atomic E-state index is 15.4. The van der Waals surface area contributed by atoms with E-state index in [9.17, 15) is 0 Å². The summed E-state index contributed by atoms with van der Waals surface area (Å²) in [6.07, 6.45) is 15.7. The van der Waals surface area contributed by atoms with Gasteiger partial charge in [-0.3, -0.25) is 4.98 Å². The van der Waals surface area contributed by atoms with E-state index in [1.54, 1.807) is 12.1 Å².